The molecule has 0 atom stereocenters. The van der Waals surface area contributed by atoms with E-state index in [1.165, 1.54) is 12.1 Å². The molecule has 1 saturated carbocycles. The molecule has 1 fully saturated rings. The van der Waals surface area contributed by atoms with Gasteiger partial charge in [0.25, 0.3) is 0 Å². The van der Waals surface area contributed by atoms with Crippen molar-refractivity contribution in [1.82, 2.24) is 0 Å². The first-order valence-electron chi connectivity index (χ1n) is 4.40. The number of hydrogen-bond acceptors (Lipinski definition) is 2. The Bertz CT molecular complexity index is 441. The largest absolute Gasteiger partial charge is 0.508 e. The van der Waals surface area contributed by atoms with E-state index in [9.17, 15) is 14.3 Å². The van der Waals surface area contributed by atoms with Crippen LogP contribution in [0.4, 0.5) is 4.39 Å². The summed E-state index contributed by atoms with van der Waals surface area (Å²) in [5.74, 6) is -2.07. The summed E-state index contributed by atoms with van der Waals surface area (Å²) in [5.41, 5.74) is -1.33. The molecule has 2 rings (SSSR count). The van der Waals surface area contributed by atoms with Crippen LogP contribution in [0.2, 0.25) is 0 Å². The van der Waals surface area contributed by atoms with Crippen LogP contribution in [-0.4, -0.2) is 16.2 Å². The molecule has 0 bridgehead atoms. The second kappa shape index (κ2) is 3.20. The number of aliphatic carboxylic acids is 1. The molecule has 0 aliphatic heterocycles. The molecule has 15 heavy (non-hydrogen) atoms. The Hall–Kier alpha value is -1.10. The Labute approximate surface area is 93.7 Å². The number of halogens is 2. The Morgan fingerprint density at radius 1 is 1.47 bits per heavy atom. The highest BCUT2D eigenvalue weighted by molar-refractivity contribution is 9.10. The van der Waals surface area contributed by atoms with Crippen LogP contribution in [0.5, 0.6) is 5.75 Å². The van der Waals surface area contributed by atoms with E-state index in [2.05, 4.69) is 15.9 Å². The van der Waals surface area contributed by atoms with E-state index in [4.69, 9.17) is 5.11 Å². The average molecular weight is 275 g/mol. The predicted octanol–water partition coefficient (Wildman–Crippen LogP) is 2.41. The molecule has 1 aliphatic rings. The summed E-state index contributed by atoms with van der Waals surface area (Å²) in [6.07, 6.45) is 0.729. The molecule has 0 saturated heterocycles. The lowest BCUT2D eigenvalue weighted by Gasteiger charge is -2.13. The maximum absolute atomic E-state index is 13.7. The molecule has 1 aromatic carbocycles. The highest BCUT2D eigenvalue weighted by Gasteiger charge is 2.55. The van der Waals surface area contributed by atoms with Gasteiger partial charge in [0.05, 0.1) is 9.89 Å². The number of carboxylic acids is 1. The number of phenols is 1. The van der Waals surface area contributed by atoms with E-state index in [0.717, 1.165) is 0 Å². The van der Waals surface area contributed by atoms with Gasteiger partial charge in [-0.25, -0.2) is 4.39 Å². The number of rotatable bonds is 2. The number of phenolic OH excluding ortho intramolecular Hbond substituents is 1. The monoisotopic (exact) mass is 274 g/mol. The zero-order chi connectivity index (χ0) is 11.2. The van der Waals surface area contributed by atoms with Gasteiger partial charge in [-0.1, -0.05) is 0 Å². The lowest BCUT2D eigenvalue weighted by molar-refractivity contribution is -0.140. The lowest BCUT2D eigenvalue weighted by Crippen LogP contribution is -2.21. The van der Waals surface area contributed by atoms with E-state index in [1.54, 1.807) is 0 Å². The molecule has 1 aliphatic carbocycles. The topological polar surface area (TPSA) is 57.5 Å². The van der Waals surface area contributed by atoms with Gasteiger partial charge in [-0.05, 0) is 40.9 Å². The maximum atomic E-state index is 13.7. The van der Waals surface area contributed by atoms with E-state index >= 15 is 0 Å². The molecule has 1 aromatic rings. The minimum Gasteiger partial charge on any atom is -0.508 e. The lowest BCUT2D eigenvalue weighted by atomic mass is 9.94. The van der Waals surface area contributed by atoms with Crippen LogP contribution in [0.25, 0.3) is 0 Å². The van der Waals surface area contributed by atoms with Crippen molar-refractivity contribution in [2.24, 2.45) is 0 Å². The fraction of sp³-hybridized carbons (Fsp3) is 0.300. The number of hydrogen-bond donors (Lipinski definition) is 2. The van der Waals surface area contributed by atoms with E-state index in [1.807, 2.05) is 0 Å². The number of benzene rings is 1. The van der Waals surface area contributed by atoms with Crippen molar-refractivity contribution in [2.45, 2.75) is 18.3 Å². The third-order valence-electron chi connectivity index (χ3n) is 2.71. The van der Waals surface area contributed by atoms with Gasteiger partial charge < -0.3 is 10.2 Å². The summed E-state index contributed by atoms with van der Waals surface area (Å²) in [6, 6.07) is 2.65. The second-order valence-corrected chi connectivity index (χ2v) is 4.50. The Morgan fingerprint density at radius 3 is 2.53 bits per heavy atom. The van der Waals surface area contributed by atoms with Crippen LogP contribution in [0, 0.1) is 5.82 Å². The summed E-state index contributed by atoms with van der Waals surface area (Å²) in [5, 5.41) is 18.5. The van der Waals surface area contributed by atoms with Gasteiger partial charge in [0.2, 0.25) is 0 Å². The number of carboxylic acid groups (broad SMARTS) is 1. The van der Waals surface area contributed by atoms with Crippen molar-refractivity contribution >= 4 is 21.9 Å². The first-order valence-corrected chi connectivity index (χ1v) is 5.19. The summed E-state index contributed by atoms with van der Waals surface area (Å²) in [6.45, 7) is 0. The van der Waals surface area contributed by atoms with Crippen LogP contribution >= 0.6 is 15.9 Å². The number of carbonyl (C=O) groups is 1. The van der Waals surface area contributed by atoms with E-state index in [0.29, 0.717) is 12.8 Å². The van der Waals surface area contributed by atoms with Gasteiger partial charge >= 0.3 is 5.97 Å². The molecule has 0 spiro atoms. The van der Waals surface area contributed by atoms with Gasteiger partial charge in [-0.2, -0.15) is 0 Å². The van der Waals surface area contributed by atoms with Crippen LogP contribution < -0.4 is 0 Å². The second-order valence-electron chi connectivity index (χ2n) is 3.64. The van der Waals surface area contributed by atoms with Crippen LogP contribution in [0.1, 0.15) is 18.4 Å². The molecule has 0 radical (unpaired) electrons. The van der Waals surface area contributed by atoms with Crippen molar-refractivity contribution in [3.63, 3.8) is 0 Å². The molecule has 3 nitrogen and oxygen atoms in total. The van der Waals surface area contributed by atoms with Gasteiger partial charge in [0, 0.05) is 5.56 Å². The Morgan fingerprint density at radius 2 is 2.07 bits per heavy atom. The van der Waals surface area contributed by atoms with Crippen LogP contribution in [0.15, 0.2) is 16.6 Å². The summed E-state index contributed by atoms with van der Waals surface area (Å²) >= 11 is 2.97. The predicted molar refractivity (Wildman–Crippen MR) is 54.3 cm³/mol. The molecule has 5 heteroatoms. The standard InChI is InChI=1S/C10H8BrFO3/c11-5-1-2-6(13)7(8(5)12)10(3-4-10)9(14)15/h1-2,13H,3-4H2,(H,14,15). The minimum atomic E-state index is -1.22. The Kier molecular flexibility index (Phi) is 2.22. The summed E-state index contributed by atoms with van der Waals surface area (Å²) in [4.78, 5) is 11.0. The molecule has 0 unspecified atom stereocenters. The average Bonchev–Trinajstić information content (AvgIpc) is 2.93. The van der Waals surface area contributed by atoms with Crippen molar-refractivity contribution in [2.75, 3.05) is 0 Å². The molecule has 80 valence electrons. The molecular weight excluding hydrogens is 267 g/mol. The highest BCUT2D eigenvalue weighted by atomic mass is 79.9. The van der Waals surface area contributed by atoms with Crippen LogP contribution in [0.3, 0.4) is 0 Å². The van der Waals surface area contributed by atoms with Gasteiger partial charge in [0.15, 0.2) is 0 Å². The smallest absolute Gasteiger partial charge is 0.314 e. The zero-order valence-electron chi connectivity index (χ0n) is 7.63. The van der Waals surface area contributed by atoms with Crippen molar-refractivity contribution < 1.29 is 19.4 Å². The first-order chi connectivity index (χ1) is 6.99. The third kappa shape index (κ3) is 1.42. The van der Waals surface area contributed by atoms with E-state index < -0.39 is 17.2 Å². The molecule has 0 aromatic heterocycles. The van der Waals surface area contributed by atoms with Crippen LogP contribution in [-0.2, 0) is 10.2 Å². The van der Waals surface area contributed by atoms with Gasteiger partial charge in [0.1, 0.15) is 11.6 Å². The fourth-order valence-electron chi connectivity index (χ4n) is 1.69. The Balaban J connectivity index is 2.62. The van der Waals surface area contributed by atoms with Gasteiger partial charge in [-0.3, -0.25) is 4.79 Å². The van der Waals surface area contributed by atoms with Crippen molar-refractivity contribution in [1.29, 1.82) is 0 Å². The molecule has 2 N–H and O–H groups in total. The van der Waals surface area contributed by atoms with E-state index in [-0.39, 0.29) is 15.8 Å². The normalized spacial score (nSPS) is 17.5. The fourth-order valence-corrected chi connectivity index (χ4v) is 2.02. The van der Waals surface area contributed by atoms with Gasteiger partial charge in [-0.15, -0.1) is 0 Å². The zero-order valence-corrected chi connectivity index (χ0v) is 9.21. The molecular formula is C10H8BrFO3. The highest BCUT2D eigenvalue weighted by Crippen LogP contribution is 2.53. The quantitative estimate of drug-likeness (QED) is 0.871. The first kappa shape index (κ1) is 10.4. The third-order valence-corrected chi connectivity index (χ3v) is 3.32. The summed E-state index contributed by atoms with van der Waals surface area (Å²) in [7, 11) is 0. The van der Waals surface area contributed by atoms with Crippen molar-refractivity contribution in [3.05, 3.63) is 28.0 Å². The molecule has 0 amide bonds. The maximum Gasteiger partial charge on any atom is 0.314 e. The summed E-state index contributed by atoms with van der Waals surface area (Å²) < 4.78 is 13.9. The molecule has 0 heterocycles. The SMILES string of the molecule is O=C(O)C1(c2c(O)ccc(Br)c2F)CC1. The number of aromatic hydroxyl groups is 1. The minimum absolute atomic E-state index is 0.107. The van der Waals surface area contributed by atoms with Crippen molar-refractivity contribution in [3.8, 4) is 5.75 Å².